The minimum absolute atomic E-state index is 0.454. The van der Waals surface area contributed by atoms with Crippen LogP contribution in [0.5, 0.6) is 0 Å². The molecule has 4 N–H and O–H groups in total. The molecule has 0 saturated carbocycles. The monoisotopic (exact) mass is 340 g/mol. The maximum absolute atomic E-state index is 11.6. The number of hydrogen-bond acceptors (Lipinski definition) is 3. The van der Waals surface area contributed by atoms with Gasteiger partial charge in [-0.2, -0.15) is 0 Å². The van der Waals surface area contributed by atoms with Crippen molar-refractivity contribution in [2.45, 2.75) is 12.5 Å². The fourth-order valence-electron chi connectivity index (χ4n) is 1.40. The highest BCUT2D eigenvalue weighted by Crippen LogP contribution is 2.16. The molecular weight excluding hydrogens is 328 g/mol. The lowest BCUT2D eigenvalue weighted by Gasteiger charge is -2.10. The Kier molecular flexibility index (Phi) is 5.92. The predicted octanol–water partition coefficient (Wildman–Crippen LogP) is 0.907. The van der Waals surface area contributed by atoms with Crippen molar-refractivity contribution in [1.82, 2.24) is 5.32 Å². The largest absolute Gasteiger partial charge is 0.480 e. The van der Waals surface area contributed by atoms with Gasteiger partial charge in [0.1, 0.15) is 6.04 Å². The molecule has 0 aromatic heterocycles. The predicted molar refractivity (Wildman–Crippen MR) is 76.6 cm³/mol. The third-order valence-corrected chi connectivity index (χ3v) is 3.06. The quantitative estimate of drug-likeness (QED) is 0.668. The zero-order chi connectivity index (χ0) is 15.1. The third kappa shape index (κ3) is 5.23. The maximum Gasteiger partial charge on any atom is 0.326 e. The maximum atomic E-state index is 11.6. The lowest BCUT2D eigenvalue weighted by molar-refractivity contribution is -0.142. The van der Waals surface area contributed by atoms with Crippen LogP contribution in [0.3, 0.4) is 0 Å². The molecule has 0 aliphatic rings. The smallest absolute Gasteiger partial charge is 0.326 e. The third-order valence-electron chi connectivity index (χ3n) is 2.34. The number of amides is 2. The molecule has 0 spiro atoms. The van der Waals surface area contributed by atoms with Crippen molar-refractivity contribution in [2.24, 2.45) is 5.73 Å². The van der Waals surface area contributed by atoms with Gasteiger partial charge in [-0.3, -0.25) is 9.59 Å². The molecule has 1 atom stereocenters. The van der Waals surface area contributed by atoms with Crippen molar-refractivity contribution >= 4 is 39.8 Å². The number of carboxylic acid groups (broad SMARTS) is 1. The molecule has 1 rings (SSSR count). The number of carbonyl (C=O) groups excluding carboxylic acids is 2. The number of carboxylic acids is 1. The zero-order valence-corrected chi connectivity index (χ0v) is 12.0. The van der Waals surface area contributed by atoms with E-state index in [0.717, 1.165) is 10.0 Å². The van der Waals surface area contributed by atoms with Crippen molar-refractivity contribution in [3.05, 3.63) is 40.4 Å². The van der Waals surface area contributed by atoms with E-state index >= 15 is 0 Å². The highest BCUT2D eigenvalue weighted by molar-refractivity contribution is 9.10. The van der Waals surface area contributed by atoms with E-state index in [1.807, 2.05) is 12.1 Å². The normalized spacial score (nSPS) is 12.1. The minimum Gasteiger partial charge on any atom is -0.480 e. The van der Waals surface area contributed by atoms with Gasteiger partial charge in [-0.15, -0.1) is 0 Å². The summed E-state index contributed by atoms with van der Waals surface area (Å²) in [5, 5.41) is 11.0. The van der Waals surface area contributed by atoms with Gasteiger partial charge in [0.15, 0.2) is 0 Å². The summed E-state index contributed by atoms with van der Waals surface area (Å²) in [6.07, 6.45) is 2.27. The van der Waals surface area contributed by atoms with Crippen LogP contribution < -0.4 is 11.1 Å². The molecule has 20 heavy (non-hydrogen) atoms. The summed E-state index contributed by atoms with van der Waals surface area (Å²) in [5.74, 6) is -2.73. The average molecular weight is 341 g/mol. The summed E-state index contributed by atoms with van der Waals surface area (Å²) in [7, 11) is 0. The molecule has 0 unspecified atom stereocenters. The molecule has 0 fully saturated rings. The topological polar surface area (TPSA) is 109 Å². The number of nitrogens with one attached hydrogen (secondary N) is 1. The number of primary amides is 1. The summed E-state index contributed by atoms with van der Waals surface area (Å²) < 4.78 is 0.802. The van der Waals surface area contributed by atoms with Crippen LogP contribution in [0.15, 0.2) is 34.8 Å². The molecule has 0 heterocycles. The van der Waals surface area contributed by atoms with Crippen molar-refractivity contribution < 1.29 is 19.5 Å². The molecule has 0 aliphatic carbocycles. The molecule has 2 amide bonds. The Labute approximate surface area is 123 Å². The van der Waals surface area contributed by atoms with Gasteiger partial charge in [-0.25, -0.2) is 4.79 Å². The fourth-order valence-corrected chi connectivity index (χ4v) is 1.81. The first-order chi connectivity index (χ1) is 9.40. The van der Waals surface area contributed by atoms with Gasteiger partial charge in [0.05, 0.1) is 6.42 Å². The van der Waals surface area contributed by atoms with E-state index in [-0.39, 0.29) is 0 Å². The lowest BCUT2D eigenvalue weighted by Crippen LogP contribution is -2.42. The number of hydrogen-bond donors (Lipinski definition) is 3. The van der Waals surface area contributed by atoms with Crippen LogP contribution in [0.25, 0.3) is 6.08 Å². The first kappa shape index (κ1) is 15.9. The summed E-state index contributed by atoms with van der Waals surface area (Å²) in [6, 6.07) is 5.89. The number of carbonyl (C=O) groups is 3. The van der Waals surface area contributed by atoms with Crippen molar-refractivity contribution in [3.8, 4) is 0 Å². The van der Waals surface area contributed by atoms with Crippen molar-refractivity contribution in [2.75, 3.05) is 0 Å². The van der Waals surface area contributed by atoms with Gasteiger partial charge in [0, 0.05) is 10.5 Å². The van der Waals surface area contributed by atoms with Crippen LogP contribution in [0.1, 0.15) is 12.0 Å². The Morgan fingerprint density at radius 1 is 1.35 bits per heavy atom. The first-order valence-electron chi connectivity index (χ1n) is 5.64. The summed E-state index contributed by atoms with van der Waals surface area (Å²) in [4.78, 5) is 33.1. The van der Waals surface area contributed by atoms with E-state index in [2.05, 4.69) is 21.2 Å². The Morgan fingerprint density at radius 2 is 2.00 bits per heavy atom. The molecule has 0 saturated heterocycles. The van der Waals surface area contributed by atoms with Crippen molar-refractivity contribution in [1.29, 1.82) is 0 Å². The Bertz CT molecular complexity index is 557. The molecule has 0 bridgehead atoms. The Balaban J connectivity index is 2.69. The molecule has 7 heteroatoms. The SMILES string of the molecule is NC(=O)C[C@H](NC(=O)C=Cc1ccccc1Br)C(=O)O. The van der Waals surface area contributed by atoms with Crippen molar-refractivity contribution in [3.63, 3.8) is 0 Å². The second kappa shape index (κ2) is 7.44. The summed E-state index contributed by atoms with van der Waals surface area (Å²) in [6.45, 7) is 0. The van der Waals surface area contributed by atoms with Gasteiger partial charge < -0.3 is 16.2 Å². The molecule has 1 aromatic carbocycles. The van der Waals surface area contributed by atoms with Crippen LogP contribution in [0.4, 0.5) is 0 Å². The number of nitrogens with two attached hydrogens (primary N) is 1. The first-order valence-corrected chi connectivity index (χ1v) is 6.43. The van der Waals surface area contributed by atoms with Crippen LogP contribution >= 0.6 is 15.9 Å². The van der Waals surface area contributed by atoms with E-state index in [0.29, 0.717) is 0 Å². The Hall–Kier alpha value is -2.15. The summed E-state index contributed by atoms with van der Waals surface area (Å²) >= 11 is 3.31. The second-order valence-corrected chi connectivity index (χ2v) is 4.78. The van der Waals surface area contributed by atoms with Gasteiger partial charge >= 0.3 is 5.97 Å². The minimum atomic E-state index is -1.33. The highest BCUT2D eigenvalue weighted by atomic mass is 79.9. The molecule has 6 nitrogen and oxygen atoms in total. The van der Waals surface area contributed by atoms with E-state index < -0.39 is 30.2 Å². The molecule has 1 aromatic rings. The van der Waals surface area contributed by atoms with E-state index in [1.165, 1.54) is 12.2 Å². The second-order valence-electron chi connectivity index (χ2n) is 3.92. The van der Waals surface area contributed by atoms with E-state index in [4.69, 9.17) is 10.8 Å². The van der Waals surface area contributed by atoms with Crippen LogP contribution in [0, 0.1) is 0 Å². The number of benzene rings is 1. The highest BCUT2D eigenvalue weighted by Gasteiger charge is 2.20. The standard InChI is InChI=1S/C13H13BrN2O4/c14-9-4-2-1-3-8(9)5-6-12(18)16-10(13(19)20)7-11(15)17/h1-6,10H,7H2,(H2,15,17)(H,16,18)(H,19,20)/t10-/m0/s1. The lowest BCUT2D eigenvalue weighted by atomic mass is 10.2. The van der Waals surface area contributed by atoms with E-state index in [1.54, 1.807) is 12.1 Å². The molecule has 106 valence electrons. The number of aliphatic carboxylic acids is 1. The van der Waals surface area contributed by atoms with Gasteiger partial charge in [-0.05, 0) is 17.7 Å². The Morgan fingerprint density at radius 3 is 2.55 bits per heavy atom. The van der Waals surface area contributed by atoms with Crippen LogP contribution in [0.2, 0.25) is 0 Å². The number of halogens is 1. The average Bonchev–Trinajstić information content (AvgIpc) is 2.36. The molecular formula is C13H13BrN2O4. The van der Waals surface area contributed by atoms with E-state index in [9.17, 15) is 14.4 Å². The van der Waals surface area contributed by atoms with Gasteiger partial charge in [-0.1, -0.05) is 34.1 Å². The van der Waals surface area contributed by atoms with Gasteiger partial charge in [0.2, 0.25) is 11.8 Å². The molecule has 0 radical (unpaired) electrons. The zero-order valence-electron chi connectivity index (χ0n) is 10.4. The fraction of sp³-hybridized carbons (Fsp3) is 0.154. The number of rotatable bonds is 6. The van der Waals surface area contributed by atoms with Gasteiger partial charge in [0.25, 0.3) is 0 Å². The molecule has 0 aliphatic heterocycles. The van der Waals surface area contributed by atoms with Crippen LogP contribution in [-0.4, -0.2) is 28.9 Å². The summed E-state index contributed by atoms with van der Waals surface area (Å²) in [5.41, 5.74) is 5.68. The van der Waals surface area contributed by atoms with Crippen LogP contribution in [-0.2, 0) is 14.4 Å².